The van der Waals surface area contributed by atoms with Gasteiger partial charge in [0.05, 0.1) is 0 Å². The SMILES string of the molecule is COC1(C(=O)CO)Cc2c(O)c3c(c(O)c2C([I-]OC2CC(NCCCC(OC(C)=O)OC(C)=O)C(N)C(C)O2)C1)C(=O)c1c(C)cccc1C3=O. The number of phenolic OH excluding ortho intramolecular Hbond substituents is 2. The van der Waals surface area contributed by atoms with Gasteiger partial charge in [0.2, 0.25) is 0 Å². The van der Waals surface area contributed by atoms with Gasteiger partial charge >= 0.3 is 312 Å². The number of esters is 2. The number of fused-ring (bicyclic) bond motifs is 3. The second-order valence-electron chi connectivity index (χ2n) is 13.2. The number of phenols is 2. The van der Waals surface area contributed by atoms with Gasteiger partial charge in [0.25, 0.3) is 0 Å². The Morgan fingerprint density at radius 1 is 1.08 bits per heavy atom. The molecular weight excluding hydrogens is 795 g/mol. The summed E-state index contributed by atoms with van der Waals surface area (Å²) in [5, 5.41) is 36.8. The summed E-state index contributed by atoms with van der Waals surface area (Å²) in [6.45, 7) is 5.52. The normalized spacial score (nSPS) is 25.3. The third kappa shape index (κ3) is 7.74. The monoisotopic (exact) mass is 839 g/mol. The first-order valence-corrected chi connectivity index (χ1v) is 19.0. The fourth-order valence-corrected chi connectivity index (χ4v) is 9.99. The number of rotatable bonds is 13. The van der Waals surface area contributed by atoms with E-state index in [-0.39, 0.29) is 58.7 Å². The van der Waals surface area contributed by atoms with Crippen molar-refractivity contribution in [2.24, 2.45) is 5.73 Å². The van der Waals surface area contributed by atoms with E-state index in [0.29, 0.717) is 24.9 Å². The molecule has 5 rings (SSSR count). The Morgan fingerprint density at radius 3 is 2.38 bits per heavy atom. The molecular formula is C36H44IN2O13-. The summed E-state index contributed by atoms with van der Waals surface area (Å²) in [5.74, 6) is -4.04. The Hall–Kier alpha value is -3.52. The van der Waals surface area contributed by atoms with Crippen molar-refractivity contribution in [3.8, 4) is 11.5 Å². The molecule has 1 saturated heterocycles. The average Bonchev–Trinajstić information content (AvgIpc) is 3.09. The Kier molecular flexibility index (Phi) is 12.4. The number of nitrogens with one attached hydrogen (secondary N) is 1. The predicted octanol–water partition coefficient (Wildman–Crippen LogP) is -1.21. The number of aliphatic hydroxyl groups excluding tert-OH is 1. The van der Waals surface area contributed by atoms with Crippen molar-refractivity contribution in [3.63, 3.8) is 0 Å². The summed E-state index contributed by atoms with van der Waals surface area (Å²) in [6.07, 6.45) is -1.46. The molecule has 6 atom stereocenters. The quantitative estimate of drug-likeness (QED) is 0.0340. The molecule has 6 unspecified atom stereocenters. The number of hydrogen-bond acceptors (Lipinski definition) is 15. The van der Waals surface area contributed by atoms with Crippen LogP contribution in [0.2, 0.25) is 0 Å². The van der Waals surface area contributed by atoms with Crippen molar-refractivity contribution in [1.29, 1.82) is 0 Å². The van der Waals surface area contributed by atoms with E-state index in [2.05, 4.69) is 5.32 Å². The van der Waals surface area contributed by atoms with Crippen molar-refractivity contribution in [2.45, 2.75) is 100 Å². The number of halogens is 1. The van der Waals surface area contributed by atoms with Gasteiger partial charge in [-0.2, -0.15) is 0 Å². The van der Waals surface area contributed by atoms with Crippen LogP contribution in [0.25, 0.3) is 0 Å². The van der Waals surface area contributed by atoms with E-state index < -0.39 is 103 Å². The number of hydrogen-bond donors (Lipinski definition) is 5. The number of benzene rings is 2. The molecule has 15 nitrogen and oxygen atoms in total. The van der Waals surface area contributed by atoms with Crippen LogP contribution in [-0.4, -0.2) is 101 Å². The third-order valence-corrected chi connectivity index (χ3v) is 12.3. The molecule has 0 aromatic heterocycles. The van der Waals surface area contributed by atoms with Crippen LogP contribution in [0.15, 0.2) is 18.2 Å². The Bertz CT molecular complexity index is 1750. The van der Waals surface area contributed by atoms with Crippen molar-refractivity contribution in [1.82, 2.24) is 5.32 Å². The molecule has 2 aromatic rings. The van der Waals surface area contributed by atoms with E-state index >= 15 is 0 Å². The van der Waals surface area contributed by atoms with Gasteiger partial charge in [-0.15, -0.1) is 0 Å². The van der Waals surface area contributed by atoms with Crippen LogP contribution in [-0.2, 0) is 42.8 Å². The maximum atomic E-state index is 13.9. The van der Waals surface area contributed by atoms with Gasteiger partial charge in [-0.1, -0.05) is 0 Å². The predicted molar refractivity (Wildman–Crippen MR) is 177 cm³/mol. The number of aliphatic hydroxyl groups is 1. The molecule has 0 spiro atoms. The van der Waals surface area contributed by atoms with Crippen LogP contribution in [0.1, 0.15) is 98.9 Å². The Balaban J connectivity index is 1.40. The number of alkyl halides is 1. The molecule has 1 heterocycles. The zero-order valence-electron chi connectivity index (χ0n) is 29.5. The molecule has 1 fully saturated rings. The van der Waals surface area contributed by atoms with Crippen molar-refractivity contribution in [3.05, 3.63) is 57.1 Å². The minimum atomic E-state index is -1.62. The van der Waals surface area contributed by atoms with E-state index in [1.165, 1.54) is 27.0 Å². The number of methoxy groups -OCH3 is 1. The summed E-state index contributed by atoms with van der Waals surface area (Å²) in [4.78, 5) is 63.6. The Labute approximate surface area is 311 Å². The molecule has 0 bridgehead atoms. The van der Waals surface area contributed by atoms with Gasteiger partial charge in [0.1, 0.15) is 0 Å². The van der Waals surface area contributed by atoms with E-state index in [4.69, 9.17) is 27.7 Å². The van der Waals surface area contributed by atoms with Crippen LogP contribution in [0.4, 0.5) is 0 Å². The zero-order chi connectivity index (χ0) is 38.1. The van der Waals surface area contributed by atoms with E-state index in [1.54, 1.807) is 26.0 Å². The number of aryl methyl sites for hydroxylation is 1. The van der Waals surface area contributed by atoms with Gasteiger partial charge in [-0.05, 0) is 0 Å². The van der Waals surface area contributed by atoms with Crippen LogP contribution in [0.5, 0.6) is 11.5 Å². The van der Waals surface area contributed by atoms with Gasteiger partial charge in [-0.3, -0.25) is 0 Å². The molecule has 1 aliphatic heterocycles. The first kappa shape index (κ1) is 39.7. The molecule has 6 N–H and O–H groups in total. The fraction of sp³-hybridized carbons (Fsp3) is 0.528. The molecule has 52 heavy (non-hydrogen) atoms. The standard InChI is InChI=1S/C36H44IN2O13/c1-16-8-6-9-20-27(16)34(46)30-29(32(20)44)33(45)21-13-36(48-5,24(43)15-40)14-22(28(21)35(30)47)37-52-26-12-23(31(38)17(2)49-26)39-11-7-10-25(50-18(3)41)51-19(4)42/h6,8-9,17,22-23,25-26,31,39-40,45,47H,7,10-15,38H2,1-5H3/q-1. The van der Waals surface area contributed by atoms with Gasteiger partial charge in [0.15, 0.2) is 0 Å². The first-order chi connectivity index (χ1) is 24.6. The third-order valence-electron chi connectivity index (χ3n) is 9.81. The molecule has 0 amide bonds. The maximum absolute atomic E-state index is 13.9. The number of aromatic hydroxyl groups is 2. The second-order valence-corrected chi connectivity index (χ2v) is 15.8. The molecule has 0 saturated carbocycles. The van der Waals surface area contributed by atoms with Crippen molar-refractivity contribution < 1.29 is 82.9 Å². The van der Waals surface area contributed by atoms with Crippen LogP contribution >= 0.6 is 0 Å². The molecule has 2 aliphatic carbocycles. The summed E-state index contributed by atoms with van der Waals surface area (Å²) in [7, 11) is 1.31. The van der Waals surface area contributed by atoms with Crippen LogP contribution in [0.3, 0.4) is 0 Å². The summed E-state index contributed by atoms with van der Waals surface area (Å²) in [5.41, 5.74) is 5.22. The molecule has 0 radical (unpaired) electrons. The topological polar surface area (TPSA) is 230 Å². The van der Waals surface area contributed by atoms with E-state index in [0.717, 1.165) is 0 Å². The van der Waals surface area contributed by atoms with Gasteiger partial charge < -0.3 is 0 Å². The number of Topliss-reactive ketones (excluding diaryl/α,β-unsaturated/α-hetero) is 1. The van der Waals surface area contributed by atoms with Crippen LogP contribution < -0.4 is 32.7 Å². The van der Waals surface area contributed by atoms with Crippen molar-refractivity contribution in [2.75, 3.05) is 20.3 Å². The summed E-state index contributed by atoms with van der Waals surface area (Å²) < 4.78 is 27.6. The zero-order valence-corrected chi connectivity index (χ0v) is 31.7. The minimum absolute atomic E-state index is 0.0397. The molecule has 16 heteroatoms. The molecule has 284 valence electrons. The summed E-state index contributed by atoms with van der Waals surface area (Å²) in [6, 6.07) is 4.10. The van der Waals surface area contributed by atoms with Crippen LogP contribution in [0, 0.1) is 6.92 Å². The van der Waals surface area contributed by atoms with Crippen molar-refractivity contribution >= 4 is 29.3 Å². The second kappa shape index (κ2) is 16.2. The molecule has 3 aliphatic rings. The number of carbonyl (C=O) groups excluding carboxylic acids is 5. The number of ketones is 3. The fourth-order valence-electron chi connectivity index (χ4n) is 7.16. The average molecular weight is 840 g/mol. The molecule has 2 aromatic carbocycles. The number of ether oxygens (including phenoxy) is 4. The first-order valence-electron chi connectivity index (χ1n) is 16.9. The number of carbonyl (C=O) groups is 5. The van der Waals surface area contributed by atoms with E-state index in [9.17, 15) is 39.3 Å². The van der Waals surface area contributed by atoms with Gasteiger partial charge in [-0.25, -0.2) is 0 Å². The van der Waals surface area contributed by atoms with Gasteiger partial charge in [0, 0.05) is 0 Å². The van der Waals surface area contributed by atoms with E-state index in [1.807, 2.05) is 0 Å². The number of nitrogens with two attached hydrogens (primary N) is 1. The summed E-state index contributed by atoms with van der Waals surface area (Å²) >= 11 is -1.51. The Morgan fingerprint density at radius 2 is 1.75 bits per heavy atom.